The molecule has 2 aromatic rings. The number of nitrogens with one attached hydrogen (secondary N) is 2. The maximum absolute atomic E-state index is 13.6. The van der Waals surface area contributed by atoms with Gasteiger partial charge in [0, 0.05) is 11.1 Å². The van der Waals surface area contributed by atoms with Crippen molar-refractivity contribution < 1.29 is 13.9 Å². The lowest BCUT2D eigenvalue weighted by Crippen LogP contribution is -2.37. The van der Waals surface area contributed by atoms with Crippen LogP contribution in [0.5, 0.6) is 5.75 Å². The number of rotatable bonds is 8. The molecule has 0 bridgehead atoms. The van der Waals surface area contributed by atoms with E-state index >= 15 is 0 Å². The van der Waals surface area contributed by atoms with Crippen LogP contribution in [0.25, 0.3) is 0 Å². The number of benzene rings is 2. The highest BCUT2D eigenvalue weighted by atomic mass is 35.5. The molecule has 2 aromatic carbocycles. The highest BCUT2D eigenvalue weighted by Crippen LogP contribution is 2.28. The first-order valence-electron chi connectivity index (χ1n) is 7.79. The van der Waals surface area contributed by atoms with Crippen molar-refractivity contribution in [1.82, 2.24) is 10.6 Å². The summed E-state index contributed by atoms with van der Waals surface area (Å²) >= 11 is 11.7. The number of ether oxygens (including phenoxy) is 1. The van der Waals surface area contributed by atoms with Crippen molar-refractivity contribution in [2.75, 3.05) is 19.7 Å². The molecule has 0 unspecified atom stereocenters. The Morgan fingerprint density at radius 2 is 1.92 bits per heavy atom. The van der Waals surface area contributed by atoms with Gasteiger partial charge in [0.05, 0.1) is 18.1 Å². The summed E-state index contributed by atoms with van der Waals surface area (Å²) in [5.74, 6) is 0.0224. The van der Waals surface area contributed by atoms with E-state index in [1.807, 2.05) is 30.3 Å². The van der Waals surface area contributed by atoms with Gasteiger partial charge in [-0.05, 0) is 36.8 Å². The normalized spacial score (nSPS) is 11.8. The molecule has 4 nitrogen and oxygen atoms in total. The number of hydrogen-bond acceptors (Lipinski definition) is 3. The molecule has 0 aliphatic carbocycles. The monoisotopic (exact) mass is 384 g/mol. The molecule has 7 heteroatoms. The molecule has 2 N–H and O–H groups in total. The van der Waals surface area contributed by atoms with E-state index in [9.17, 15) is 9.18 Å². The molecule has 0 saturated heterocycles. The van der Waals surface area contributed by atoms with E-state index in [0.29, 0.717) is 23.7 Å². The Bertz CT molecular complexity index is 714. The van der Waals surface area contributed by atoms with Crippen LogP contribution in [0.15, 0.2) is 42.5 Å². The Hall–Kier alpha value is -1.82. The topological polar surface area (TPSA) is 50.4 Å². The standard InChI is InChI=1S/C18H19Cl2FN2O2/c1-12(14-9-17(21)16(20)10-15(14)19)23-11-18(24)22-7-8-25-13-5-3-2-4-6-13/h2-6,9-10,12,23H,7-8,11H2,1H3,(H,22,24)/t12-/m1/s1. The van der Waals surface area contributed by atoms with Gasteiger partial charge in [0.1, 0.15) is 18.2 Å². The smallest absolute Gasteiger partial charge is 0.234 e. The highest BCUT2D eigenvalue weighted by Gasteiger charge is 2.14. The average Bonchev–Trinajstić information content (AvgIpc) is 2.60. The van der Waals surface area contributed by atoms with Crippen molar-refractivity contribution in [2.45, 2.75) is 13.0 Å². The first-order valence-corrected chi connectivity index (χ1v) is 8.55. The van der Waals surface area contributed by atoms with E-state index in [-0.39, 0.29) is 23.5 Å². The third-order valence-corrected chi connectivity index (χ3v) is 4.13. The molecule has 1 amide bonds. The number of carbonyl (C=O) groups is 1. The summed E-state index contributed by atoms with van der Waals surface area (Å²) in [5, 5.41) is 6.06. The summed E-state index contributed by atoms with van der Waals surface area (Å²) < 4.78 is 19.0. The number of amides is 1. The Balaban J connectivity index is 1.71. The minimum Gasteiger partial charge on any atom is -0.492 e. The van der Waals surface area contributed by atoms with E-state index in [2.05, 4.69) is 10.6 Å². The number of halogens is 3. The molecule has 134 valence electrons. The molecule has 0 aliphatic rings. The first-order chi connectivity index (χ1) is 12.0. The van der Waals surface area contributed by atoms with Crippen molar-refractivity contribution >= 4 is 29.1 Å². The minimum atomic E-state index is -0.544. The summed E-state index contributed by atoms with van der Waals surface area (Å²) in [6, 6.07) is 11.7. The molecule has 0 radical (unpaired) electrons. The van der Waals surface area contributed by atoms with Gasteiger partial charge in [-0.15, -0.1) is 0 Å². The van der Waals surface area contributed by atoms with Crippen LogP contribution in [0.3, 0.4) is 0 Å². The first kappa shape index (κ1) is 19.5. The quantitative estimate of drug-likeness (QED) is 0.534. The van der Waals surface area contributed by atoms with Gasteiger partial charge in [0.2, 0.25) is 5.91 Å². The fourth-order valence-electron chi connectivity index (χ4n) is 2.16. The molecular formula is C18H19Cl2FN2O2. The van der Waals surface area contributed by atoms with Gasteiger partial charge in [-0.3, -0.25) is 4.79 Å². The zero-order chi connectivity index (χ0) is 18.2. The third kappa shape index (κ3) is 6.20. The van der Waals surface area contributed by atoms with Crippen LogP contribution in [0.2, 0.25) is 10.0 Å². The molecule has 1 atom stereocenters. The predicted molar refractivity (Wildman–Crippen MR) is 97.8 cm³/mol. The molecular weight excluding hydrogens is 366 g/mol. The Labute approximate surface area is 156 Å². The molecule has 0 fully saturated rings. The van der Waals surface area contributed by atoms with Gasteiger partial charge in [-0.25, -0.2) is 4.39 Å². The number of carbonyl (C=O) groups excluding carboxylic acids is 1. The van der Waals surface area contributed by atoms with Crippen LogP contribution in [0.4, 0.5) is 4.39 Å². The van der Waals surface area contributed by atoms with E-state index < -0.39 is 5.82 Å². The van der Waals surface area contributed by atoms with Crippen molar-refractivity contribution in [3.8, 4) is 5.75 Å². The van der Waals surface area contributed by atoms with Crippen molar-refractivity contribution in [3.05, 3.63) is 63.9 Å². The minimum absolute atomic E-state index is 0.0305. The van der Waals surface area contributed by atoms with Gasteiger partial charge in [-0.1, -0.05) is 41.4 Å². The fraction of sp³-hybridized carbons (Fsp3) is 0.278. The lowest BCUT2D eigenvalue weighted by atomic mass is 10.1. The SMILES string of the molecule is C[C@@H](NCC(=O)NCCOc1ccccc1)c1cc(F)c(Cl)cc1Cl. The zero-order valence-electron chi connectivity index (χ0n) is 13.7. The van der Waals surface area contributed by atoms with Crippen LogP contribution in [0, 0.1) is 5.82 Å². The molecule has 0 aromatic heterocycles. The summed E-state index contributed by atoms with van der Waals surface area (Å²) in [5.41, 5.74) is 0.545. The van der Waals surface area contributed by atoms with Gasteiger partial charge >= 0.3 is 0 Å². The predicted octanol–water partition coefficient (Wildman–Crippen LogP) is 3.98. The second-order valence-corrected chi connectivity index (χ2v) is 6.22. The summed E-state index contributed by atoms with van der Waals surface area (Å²) in [7, 11) is 0. The molecule has 25 heavy (non-hydrogen) atoms. The molecule has 0 aliphatic heterocycles. The van der Waals surface area contributed by atoms with Crippen LogP contribution in [-0.4, -0.2) is 25.6 Å². The van der Waals surface area contributed by atoms with Crippen molar-refractivity contribution in [3.63, 3.8) is 0 Å². The summed E-state index contributed by atoms with van der Waals surface area (Å²) in [6.45, 7) is 2.63. The van der Waals surface area contributed by atoms with Crippen LogP contribution < -0.4 is 15.4 Å². The Kier molecular flexibility index (Phi) is 7.50. The van der Waals surface area contributed by atoms with Gasteiger partial charge in [0.15, 0.2) is 0 Å². The zero-order valence-corrected chi connectivity index (χ0v) is 15.2. The second kappa shape index (κ2) is 9.61. The van der Waals surface area contributed by atoms with Crippen LogP contribution >= 0.6 is 23.2 Å². The maximum atomic E-state index is 13.6. The maximum Gasteiger partial charge on any atom is 0.234 e. The largest absolute Gasteiger partial charge is 0.492 e. The van der Waals surface area contributed by atoms with Crippen molar-refractivity contribution in [2.24, 2.45) is 0 Å². The second-order valence-electron chi connectivity index (χ2n) is 5.40. The van der Waals surface area contributed by atoms with E-state index in [0.717, 1.165) is 5.75 Å². The van der Waals surface area contributed by atoms with E-state index in [1.165, 1.54) is 12.1 Å². The average molecular weight is 385 g/mol. The summed E-state index contributed by atoms with van der Waals surface area (Å²) in [4.78, 5) is 11.8. The molecule has 2 rings (SSSR count). The number of para-hydroxylation sites is 1. The lowest BCUT2D eigenvalue weighted by molar-refractivity contribution is -0.120. The Morgan fingerprint density at radius 1 is 1.20 bits per heavy atom. The van der Waals surface area contributed by atoms with Crippen molar-refractivity contribution in [1.29, 1.82) is 0 Å². The molecule has 0 saturated carbocycles. The van der Waals surface area contributed by atoms with Gasteiger partial charge < -0.3 is 15.4 Å². The van der Waals surface area contributed by atoms with E-state index in [1.54, 1.807) is 6.92 Å². The number of hydrogen-bond donors (Lipinski definition) is 2. The van der Waals surface area contributed by atoms with E-state index in [4.69, 9.17) is 27.9 Å². The highest BCUT2D eigenvalue weighted by molar-refractivity contribution is 6.35. The lowest BCUT2D eigenvalue weighted by Gasteiger charge is -2.16. The molecule has 0 spiro atoms. The Morgan fingerprint density at radius 3 is 2.64 bits per heavy atom. The summed E-state index contributed by atoms with van der Waals surface area (Å²) in [6.07, 6.45) is 0. The van der Waals surface area contributed by atoms with Gasteiger partial charge in [0.25, 0.3) is 0 Å². The van der Waals surface area contributed by atoms with Crippen LogP contribution in [0.1, 0.15) is 18.5 Å². The fourth-order valence-corrected chi connectivity index (χ4v) is 2.71. The molecule has 0 heterocycles. The third-order valence-electron chi connectivity index (χ3n) is 3.51. The van der Waals surface area contributed by atoms with Crippen LogP contribution in [-0.2, 0) is 4.79 Å². The van der Waals surface area contributed by atoms with Gasteiger partial charge in [-0.2, -0.15) is 0 Å².